The second kappa shape index (κ2) is 10.6. The molecule has 0 heterocycles. The van der Waals surface area contributed by atoms with Crippen LogP contribution >= 0.6 is 0 Å². The van der Waals surface area contributed by atoms with Crippen molar-refractivity contribution in [2.75, 3.05) is 6.54 Å². The first-order valence-corrected chi connectivity index (χ1v) is 6.08. The molecule has 0 radical (unpaired) electrons. The van der Waals surface area contributed by atoms with Crippen LogP contribution in [0.2, 0.25) is 0 Å². The Morgan fingerprint density at radius 3 is 2.21 bits per heavy atom. The Hall–Kier alpha value is -0.530. The van der Waals surface area contributed by atoms with Crippen molar-refractivity contribution in [2.24, 2.45) is 0 Å². The summed E-state index contributed by atoms with van der Waals surface area (Å²) in [5.74, 6) is 0.209. The molecule has 0 saturated heterocycles. The zero-order chi connectivity index (χ0) is 10.6. The molecule has 0 spiro atoms. The van der Waals surface area contributed by atoms with Crippen LogP contribution < -0.4 is 5.32 Å². The molecule has 0 aliphatic carbocycles. The summed E-state index contributed by atoms with van der Waals surface area (Å²) >= 11 is 0. The van der Waals surface area contributed by atoms with Crippen molar-refractivity contribution in [2.45, 2.75) is 65.2 Å². The predicted octanol–water partition coefficient (Wildman–Crippen LogP) is 3.26. The zero-order valence-corrected chi connectivity index (χ0v) is 9.77. The van der Waals surface area contributed by atoms with E-state index >= 15 is 0 Å². The molecule has 0 atom stereocenters. The Morgan fingerprint density at radius 2 is 1.57 bits per heavy atom. The Morgan fingerprint density at radius 1 is 0.929 bits per heavy atom. The van der Waals surface area contributed by atoms with E-state index in [1.165, 1.54) is 32.1 Å². The molecule has 0 aromatic heterocycles. The van der Waals surface area contributed by atoms with Crippen molar-refractivity contribution < 1.29 is 4.79 Å². The molecule has 0 unspecified atom stereocenters. The fraction of sp³-hybridized carbons (Fsp3) is 0.917. The molecule has 1 amide bonds. The van der Waals surface area contributed by atoms with Crippen molar-refractivity contribution in [1.29, 1.82) is 0 Å². The van der Waals surface area contributed by atoms with Crippen LogP contribution in [0.25, 0.3) is 0 Å². The van der Waals surface area contributed by atoms with Gasteiger partial charge in [-0.2, -0.15) is 0 Å². The highest BCUT2D eigenvalue weighted by Crippen LogP contribution is 2.04. The van der Waals surface area contributed by atoms with Gasteiger partial charge in [-0.15, -0.1) is 0 Å². The maximum absolute atomic E-state index is 11.1. The molecule has 0 rings (SSSR count). The molecule has 0 bridgehead atoms. The van der Waals surface area contributed by atoms with Crippen LogP contribution in [0.15, 0.2) is 0 Å². The normalized spacial score (nSPS) is 10.1. The van der Waals surface area contributed by atoms with E-state index in [2.05, 4.69) is 12.2 Å². The van der Waals surface area contributed by atoms with Crippen molar-refractivity contribution in [3.05, 3.63) is 0 Å². The van der Waals surface area contributed by atoms with Gasteiger partial charge in [0, 0.05) is 13.0 Å². The highest BCUT2D eigenvalue weighted by molar-refractivity contribution is 5.75. The molecule has 84 valence electrons. The third kappa shape index (κ3) is 9.56. The van der Waals surface area contributed by atoms with Crippen molar-refractivity contribution in [1.82, 2.24) is 5.32 Å². The maximum Gasteiger partial charge on any atom is 0.219 e. The molecule has 0 fully saturated rings. The van der Waals surface area contributed by atoms with Crippen LogP contribution in [0.3, 0.4) is 0 Å². The number of rotatable bonds is 9. The second-order valence-corrected chi connectivity index (χ2v) is 3.87. The average Bonchev–Trinajstić information content (AvgIpc) is 2.17. The van der Waals surface area contributed by atoms with Gasteiger partial charge in [0.25, 0.3) is 0 Å². The lowest BCUT2D eigenvalue weighted by Crippen LogP contribution is -2.23. The van der Waals surface area contributed by atoms with Crippen molar-refractivity contribution in [3.63, 3.8) is 0 Å². The summed E-state index contributed by atoms with van der Waals surface area (Å²) in [6.45, 7) is 5.13. The molecule has 2 nitrogen and oxygen atoms in total. The van der Waals surface area contributed by atoms with E-state index in [1.807, 2.05) is 6.92 Å². The fourth-order valence-electron chi connectivity index (χ4n) is 1.45. The van der Waals surface area contributed by atoms with Crippen molar-refractivity contribution >= 4 is 5.91 Å². The molecule has 0 saturated carbocycles. The predicted molar refractivity (Wildman–Crippen MR) is 61.3 cm³/mol. The average molecular weight is 199 g/mol. The third-order valence-electron chi connectivity index (χ3n) is 2.33. The van der Waals surface area contributed by atoms with Gasteiger partial charge in [-0.25, -0.2) is 0 Å². The molecular formula is C12H25NO. The van der Waals surface area contributed by atoms with Crippen LogP contribution in [0.1, 0.15) is 65.2 Å². The van der Waals surface area contributed by atoms with E-state index in [-0.39, 0.29) is 5.91 Å². The first kappa shape index (κ1) is 13.5. The molecule has 1 N–H and O–H groups in total. The number of hydrogen-bond acceptors (Lipinski definition) is 1. The van der Waals surface area contributed by atoms with Gasteiger partial charge in [-0.3, -0.25) is 4.79 Å². The van der Waals surface area contributed by atoms with Gasteiger partial charge in [0.1, 0.15) is 0 Å². The number of unbranched alkanes of at least 4 members (excludes halogenated alkanes) is 5. The summed E-state index contributed by atoms with van der Waals surface area (Å²) < 4.78 is 0. The zero-order valence-electron chi connectivity index (χ0n) is 9.77. The van der Waals surface area contributed by atoms with E-state index in [0.29, 0.717) is 6.42 Å². The molecule has 2 heteroatoms. The Labute approximate surface area is 88.5 Å². The first-order chi connectivity index (χ1) is 6.81. The molecular weight excluding hydrogens is 174 g/mol. The van der Waals surface area contributed by atoms with Gasteiger partial charge >= 0.3 is 0 Å². The number of carbonyl (C=O) groups excluding carboxylic acids is 1. The molecule has 0 aliphatic rings. The lowest BCUT2D eigenvalue weighted by molar-refractivity contribution is -0.121. The summed E-state index contributed by atoms with van der Waals surface area (Å²) in [5.41, 5.74) is 0. The van der Waals surface area contributed by atoms with Crippen LogP contribution in [-0.4, -0.2) is 12.5 Å². The van der Waals surface area contributed by atoms with Gasteiger partial charge in [-0.1, -0.05) is 46.0 Å². The van der Waals surface area contributed by atoms with Crippen LogP contribution in [-0.2, 0) is 4.79 Å². The van der Waals surface area contributed by atoms with Crippen LogP contribution in [0.4, 0.5) is 0 Å². The highest BCUT2D eigenvalue weighted by atomic mass is 16.1. The van der Waals surface area contributed by atoms with E-state index in [0.717, 1.165) is 19.4 Å². The Kier molecular flexibility index (Phi) is 10.2. The van der Waals surface area contributed by atoms with Gasteiger partial charge in [0.05, 0.1) is 0 Å². The standard InChI is InChI=1S/C12H25NO/c1-3-5-6-7-8-9-11-13-12(14)10-4-2/h3-11H2,1-2H3,(H,13,14). The SMILES string of the molecule is CCCCCCCCNC(=O)CCC. The van der Waals surface area contributed by atoms with E-state index in [4.69, 9.17) is 0 Å². The Balaban J connectivity index is 3.01. The number of carbonyl (C=O) groups is 1. The Bertz CT molecular complexity index is 134. The summed E-state index contributed by atoms with van der Waals surface area (Å²) in [4.78, 5) is 11.1. The smallest absolute Gasteiger partial charge is 0.219 e. The lowest BCUT2D eigenvalue weighted by atomic mass is 10.1. The maximum atomic E-state index is 11.1. The number of nitrogens with one attached hydrogen (secondary N) is 1. The fourth-order valence-corrected chi connectivity index (χ4v) is 1.45. The third-order valence-corrected chi connectivity index (χ3v) is 2.33. The lowest BCUT2D eigenvalue weighted by Gasteiger charge is -2.03. The van der Waals surface area contributed by atoms with Crippen LogP contribution in [0.5, 0.6) is 0 Å². The molecule has 0 aromatic rings. The largest absolute Gasteiger partial charge is 0.356 e. The van der Waals surface area contributed by atoms with E-state index < -0.39 is 0 Å². The summed E-state index contributed by atoms with van der Waals surface area (Å²) in [5, 5.41) is 2.94. The van der Waals surface area contributed by atoms with E-state index in [1.54, 1.807) is 0 Å². The van der Waals surface area contributed by atoms with Gasteiger partial charge in [0.15, 0.2) is 0 Å². The monoisotopic (exact) mass is 199 g/mol. The van der Waals surface area contributed by atoms with Gasteiger partial charge in [0.2, 0.25) is 5.91 Å². The quantitative estimate of drug-likeness (QED) is 0.567. The minimum atomic E-state index is 0.209. The van der Waals surface area contributed by atoms with Gasteiger partial charge < -0.3 is 5.32 Å². The molecule has 0 aromatic carbocycles. The molecule has 0 aliphatic heterocycles. The number of hydrogen-bond donors (Lipinski definition) is 1. The van der Waals surface area contributed by atoms with Crippen molar-refractivity contribution in [3.8, 4) is 0 Å². The highest BCUT2D eigenvalue weighted by Gasteiger charge is 1.96. The minimum absolute atomic E-state index is 0.209. The minimum Gasteiger partial charge on any atom is -0.356 e. The summed E-state index contributed by atoms with van der Waals surface area (Å²) in [6, 6.07) is 0. The van der Waals surface area contributed by atoms with E-state index in [9.17, 15) is 4.79 Å². The summed E-state index contributed by atoms with van der Waals surface area (Å²) in [7, 11) is 0. The summed E-state index contributed by atoms with van der Waals surface area (Å²) in [6.07, 6.45) is 9.33. The second-order valence-electron chi connectivity index (χ2n) is 3.87. The van der Waals surface area contributed by atoms with Crippen LogP contribution in [0, 0.1) is 0 Å². The van der Waals surface area contributed by atoms with Gasteiger partial charge in [-0.05, 0) is 12.8 Å². The topological polar surface area (TPSA) is 29.1 Å². The first-order valence-electron chi connectivity index (χ1n) is 6.08. The molecule has 14 heavy (non-hydrogen) atoms. The number of amides is 1.